The Hall–Kier alpha value is -3.56. The van der Waals surface area contributed by atoms with Crippen molar-refractivity contribution in [3.8, 4) is 11.8 Å². The first kappa shape index (κ1) is 18.2. The van der Waals surface area contributed by atoms with Crippen molar-refractivity contribution in [2.75, 3.05) is 17.7 Å². The maximum Gasteiger partial charge on any atom is 0.257 e. The van der Waals surface area contributed by atoms with Gasteiger partial charge in [0, 0.05) is 16.9 Å². The van der Waals surface area contributed by atoms with Gasteiger partial charge < -0.3 is 15.4 Å². The van der Waals surface area contributed by atoms with Crippen molar-refractivity contribution < 1.29 is 9.53 Å². The van der Waals surface area contributed by atoms with E-state index in [9.17, 15) is 4.79 Å². The first-order valence-electron chi connectivity index (χ1n) is 7.97. The molecule has 0 saturated heterocycles. The van der Waals surface area contributed by atoms with Gasteiger partial charge in [0.25, 0.3) is 5.91 Å². The monoisotopic (exact) mass is 378 g/mol. The third kappa shape index (κ3) is 4.54. The van der Waals surface area contributed by atoms with E-state index < -0.39 is 0 Å². The van der Waals surface area contributed by atoms with Gasteiger partial charge in [-0.05, 0) is 48.5 Å². The van der Waals surface area contributed by atoms with E-state index in [0.717, 1.165) is 5.69 Å². The molecule has 2 aromatic carbocycles. The van der Waals surface area contributed by atoms with Gasteiger partial charge in [-0.1, -0.05) is 17.7 Å². The molecule has 0 aliphatic heterocycles. The molecular formula is C20H15ClN4O2. The van der Waals surface area contributed by atoms with Crippen LogP contribution >= 0.6 is 11.6 Å². The van der Waals surface area contributed by atoms with Gasteiger partial charge in [0.15, 0.2) is 0 Å². The summed E-state index contributed by atoms with van der Waals surface area (Å²) < 4.78 is 5.22. The lowest BCUT2D eigenvalue weighted by atomic mass is 10.2. The zero-order chi connectivity index (χ0) is 19.2. The van der Waals surface area contributed by atoms with Crippen LogP contribution < -0.4 is 15.4 Å². The van der Waals surface area contributed by atoms with Gasteiger partial charge in [0.2, 0.25) is 0 Å². The lowest BCUT2D eigenvalue weighted by Crippen LogP contribution is -2.13. The van der Waals surface area contributed by atoms with Gasteiger partial charge >= 0.3 is 0 Å². The smallest absolute Gasteiger partial charge is 0.257 e. The van der Waals surface area contributed by atoms with Crippen molar-refractivity contribution >= 4 is 34.7 Å². The van der Waals surface area contributed by atoms with Gasteiger partial charge in [-0.15, -0.1) is 0 Å². The molecule has 6 nitrogen and oxygen atoms in total. The summed E-state index contributed by atoms with van der Waals surface area (Å²) in [5.41, 5.74) is 2.15. The number of ether oxygens (including phenoxy) is 1. The molecule has 0 aliphatic carbocycles. The SMILES string of the molecule is COc1ccc(Cl)cc1NC(=O)c1ccc(Nc2cccc(C#N)c2)nc1. The minimum Gasteiger partial charge on any atom is -0.495 e. The second kappa shape index (κ2) is 8.21. The van der Waals surface area contributed by atoms with Crippen LogP contribution in [-0.2, 0) is 0 Å². The number of pyridine rings is 1. The van der Waals surface area contributed by atoms with Crippen LogP contribution in [0.1, 0.15) is 15.9 Å². The van der Waals surface area contributed by atoms with E-state index in [1.165, 1.54) is 13.3 Å². The van der Waals surface area contributed by atoms with Crippen LogP contribution in [0, 0.1) is 11.3 Å². The number of benzene rings is 2. The number of amides is 1. The molecule has 1 amide bonds. The molecule has 2 N–H and O–H groups in total. The summed E-state index contributed by atoms with van der Waals surface area (Å²) in [5.74, 6) is 0.736. The minimum atomic E-state index is -0.332. The van der Waals surface area contributed by atoms with Gasteiger partial charge in [-0.3, -0.25) is 4.79 Å². The number of aromatic nitrogens is 1. The highest BCUT2D eigenvalue weighted by molar-refractivity contribution is 6.31. The molecule has 0 bridgehead atoms. The number of hydrogen-bond donors (Lipinski definition) is 2. The van der Waals surface area contributed by atoms with E-state index in [1.807, 2.05) is 6.07 Å². The zero-order valence-corrected chi connectivity index (χ0v) is 15.1. The maximum atomic E-state index is 12.4. The van der Waals surface area contributed by atoms with Gasteiger partial charge in [-0.2, -0.15) is 5.26 Å². The Morgan fingerprint density at radius 3 is 2.74 bits per heavy atom. The predicted octanol–water partition coefficient (Wildman–Crippen LogP) is 4.61. The molecule has 0 spiro atoms. The normalized spacial score (nSPS) is 9.96. The zero-order valence-electron chi connectivity index (χ0n) is 14.4. The molecule has 0 unspecified atom stereocenters. The molecule has 0 atom stereocenters. The number of anilines is 3. The number of carbonyl (C=O) groups is 1. The lowest BCUT2D eigenvalue weighted by Gasteiger charge is -2.11. The number of halogens is 1. The van der Waals surface area contributed by atoms with E-state index >= 15 is 0 Å². The Morgan fingerprint density at radius 2 is 2.04 bits per heavy atom. The molecule has 27 heavy (non-hydrogen) atoms. The van der Waals surface area contributed by atoms with E-state index in [2.05, 4.69) is 21.7 Å². The van der Waals surface area contributed by atoms with E-state index in [4.69, 9.17) is 21.6 Å². The van der Waals surface area contributed by atoms with Crippen LogP contribution in [0.2, 0.25) is 5.02 Å². The second-order valence-corrected chi connectivity index (χ2v) is 5.98. The number of nitrogens with one attached hydrogen (secondary N) is 2. The number of carbonyl (C=O) groups excluding carboxylic acids is 1. The molecule has 134 valence electrons. The minimum absolute atomic E-state index is 0.332. The average Bonchev–Trinajstić information content (AvgIpc) is 2.69. The van der Waals surface area contributed by atoms with Crippen LogP contribution in [-0.4, -0.2) is 18.0 Å². The Morgan fingerprint density at radius 1 is 1.19 bits per heavy atom. The lowest BCUT2D eigenvalue weighted by molar-refractivity contribution is 0.102. The van der Waals surface area contributed by atoms with Crippen LogP contribution in [0.25, 0.3) is 0 Å². The molecule has 3 aromatic rings. The van der Waals surface area contributed by atoms with E-state index in [1.54, 1.807) is 48.5 Å². The standard InChI is InChI=1S/C20H15ClN4O2/c1-27-18-7-6-15(21)10-17(18)25-20(26)14-5-8-19(23-12-14)24-16-4-2-3-13(9-16)11-22/h2-10,12H,1H3,(H,23,24)(H,25,26). The van der Waals surface area contributed by atoms with E-state index in [-0.39, 0.29) is 5.91 Å². The van der Waals surface area contributed by atoms with Crippen molar-refractivity contribution in [1.82, 2.24) is 4.98 Å². The third-order valence-electron chi connectivity index (χ3n) is 3.70. The number of hydrogen-bond acceptors (Lipinski definition) is 5. The largest absolute Gasteiger partial charge is 0.495 e. The molecule has 7 heteroatoms. The van der Waals surface area contributed by atoms with Crippen LogP contribution in [0.4, 0.5) is 17.2 Å². The van der Waals surface area contributed by atoms with Gasteiger partial charge in [-0.25, -0.2) is 4.98 Å². The molecule has 3 rings (SSSR count). The predicted molar refractivity (Wildman–Crippen MR) is 105 cm³/mol. The first-order chi connectivity index (χ1) is 13.1. The second-order valence-electron chi connectivity index (χ2n) is 5.55. The maximum absolute atomic E-state index is 12.4. The fourth-order valence-electron chi connectivity index (χ4n) is 2.39. The van der Waals surface area contributed by atoms with Crippen LogP contribution in [0.3, 0.4) is 0 Å². The highest BCUT2D eigenvalue weighted by Gasteiger charge is 2.11. The summed E-state index contributed by atoms with van der Waals surface area (Å²) in [7, 11) is 1.52. The number of nitriles is 1. The molecule has 0 saturated carbocycles. The van der Waals surface area contributed by atoms with E-state index in [0.29, 0.717) is 33.4 Å². The topological polar surface area (TPSA) is 87.0 Å². The molecular weight excluding hydrogens is 364 g/mol. The number of nitrogens with zero attached hydrogens (tertiary/aromatic N) is 2. The summed E-state index contributed by atoms with van der Waals surface area (Å²) in [4.78, 5) is 16.7. The Labute approximate surface area is 161 Å². The average molecular weight is 379 g/mol. The van der Waals surface area contributed by atoms with Crippen molar-refractivity contribution in [3.05, 3.63) is 76.9 Å². The van der Waals surface area contributed by atoms with Crippen molar-refractivity contribution in [2.24, 2.45) is 0 Å². The molecule has 0 radical (unpaired) electrons. The summed E-state index contributed by atoms with van der Waals surface area (Å²) in [6, 6.07) is 17.4. The summed E-state index contributed by atoms with van der Waals surface area (Å²) in [6.45, 7) is 0. The van der Waals surface area contributed by atoms with Crippen molar-refractivity contribution in [1.29, 1.82) is 5.26 Å². The van der Waals surface area contributed by atoms with Crippen molar-refractivity contribution in [2.45, 2.75) is 0 Å². The molecule has 1 heterocycles. The molecule has 0 aliphatic rings. The Balaban J connectivity index is 1.72. The highest BCUT2D eigenvalue weighted by atomic mass is 35.5. The molecule has 0 fully saturated rings. The Kier molecular flexibility index (Phi) is 5.55. The fraction of sp³-hybridized carbons (Fsp3) is 0.0500. The summed E-state index contributed by atoms with van der Waals surface area (Å²) in [6.07, 6.45) is 1.46. The fourth-order valence-corrected chi connectivity index (χ4v) is 2.56. The van der Waals surface area contributed by atoms with Crippen LogP contribution in [0.15, 0.2) is 60.8 Å². The Bertz CT molecular complexity index is 1010. The summed E-state index contributed by atoms with van der Waals surface area (Å²) in [5, 5.41) is 15.3. The highest BCUT2D eigenvalue weighted by Crippen LogP contribution is 2.28. The first-order valence-corrected chi connectivity index (χ1v) is 8.35. The number of methoxy groups -OCH3 is 1. The third-order valence-corrected chi connectivity index (χ3v) is 3.93. The van der Waals surface area contributed by atoms with Crippen LogP contribution in [0.5, 0.6) is 5.75 Å². The van der Waals surface area contributed by atoms with Crippen molar-refractivity contribution in [3.63, 3.8) is 0 Å². The summed E-state index contributed by atoms with van der Waals surface area (Å²) >= 11 is 5.98. The number of rotatable bonds is 5. The van der Waals surface area contributed by atoms with Gasteiger partial charge in [0.1, 0.15) is 11.6 Å². The quantitative estimate of drug-likeness (QED) is 0.676. The van der Waals surface area contributed by atoms with Gasteiger partial charge in [0.05, 0.1) is 30.0 Å². The molecule has 1 aromatic heterocycles.